The second kappa shape index (κ2) is 9.60. The minimum Gasteiger partial charge on any atom is -0.487 e. The van der Waals surface area contributed by atoms with Crippen molar-refractivity contribution in [3.05, 3.63) is 53.2 Å². The molecule has 2 saturated carbocycles. The number of aromatic nitrogens is 1. The Kier molecular flexibility index (Phi) is 6.64. The van der Waals surface area contributed by atoms with Crippen molar-refractivity contribution < 1.29 is 27.4 Å². The van der Waals surface area contributed by atoms with Gasteiger partial charge in [0.2, 0.25) is 0 Å². The van der Waals surface area contributed by atoms with E-state index >= 15 is 0 Å². The number of methoxy groups -OCH3 is 1. The Labute approximate surface area is 209 Å². The van der Waals surface area contributed by atoms with Gasteiger partial charge in [-0.3, -0.25) is 4.79 Å². The molecular weight excluding hydrogens is 469 g/mol. The fourth-order valence-corrected chi connectivity index (χ4v) is 6.07. The third-order valence-corrected chi connectivity index (χ3v) is 8.24. The van der Waals surface area contributed by atoms with Crippen LogP contribution in [0.5, 0.6) is 5.75 Å². The summed E-state index contributed by atoms with van der Waals surface area (Å²) in [6.07, 6.45) is 3.96. The summed E-state index contributed by atoms with van der Waals surface area (Å²) in [4.78, 5) is 16.3. The Balaban J connectivity index is 1.28. The Morgan fingerprint density at radius 3 is 2.58 bits per heavy atom. The summed E-state index contributed by atoms with van der Waals surface area (Å²) < 4.78 is 51.8. The molecule has 0 saturated heterocycles. The highest BCUT2D eigenvalue weighted by molar-refractivity contribution is 5.73. The topological polar surface area (TPSA) is 60.5 Å². The maximum atomic E-state index is 13.4. The zero-order valence-electron chi connectivity index (χ0n) is 20.7. The number of anilines is 1. The van der Waals surface area contributed by atoms with Crippen LogP contribution in [0, 0.1) is 11.8 Å². The molecule has 0 radical (unpaired) electrons. The van der Waals surface area contributed by atoms with E-state index in [1.165, 1.54) is 24.9 Å². The zero-order valence-corrected chi connectivity index (χ0v) is 20.7. The highest BCUT2D eigenvalue weighted by Crippen LogP contribution is 2.49. The van der Waals surface area contributed by atoms with Crippen molar-refractivity contribution in [2.75, 3.05) is 12.4 Å². The summed E-state index contributed by atoms with van der Waals surface area (Å²) in [5.74, 6) is 0.991. The molecule has 3 aliphatic rings. The fourth-order valence-electron chi connectivity index (χ4n) is 6.07. The van der Waals surface area contributed by atoms with Crippen LogP contribution in [0.2, 0.25) is 0 Å². The van der Waals surface area contributed by atoms with Gasteiger partial charge < -0.3 is 14.8 Å². The van der Waals surface area contributed by atoms with Crippen LogP contribution in [0.4, 0.5) is 19.0 Å². The van der Waals surface area contributed by atoms with Gasteiger partial charge in [0.1, 0.15) is 17.2 Å². The van der Waals surface area contributed by atoms with Crippen molar-refractivity contribution in [1.82, 2.24) is 4.98 Å². The van der Waals surface area contributed by atoms with Gasteiger partial charge in [-0.25, -0.2) is 4.98 Å². The number of carbonyl (C=O) groups excluding carboxylic acids is 1. The molecule has 2 aliphatic carbocycles. The predicted octanol–water partition coefficient (Wildman–Crippen LogP) is 6.52. The Morgan fingerprint density at radius 1 is 1.17 bits per heavy atom. The number of fused-ring (bicyclic) bond motifs is 1. The van der Waals surface area contributed by atoms with E-state index in [1.54, 1.807) is 0 Å². The van der Waals surface area contributed by atoms with Crippen molar-refractivity contribution in [1.29, 1.82) is 0 Å². The number of aryl methyl sites for hydroxylation is 1. The first-order valence-electron chi connectivity index (χ1n) is 12.9. The SMILES string of the molecule is COC(=O)[C@H](C)[C@H](c1ccc2c(c1)OC1(CC2)CCC(Nc2ncccc2C(F)(F)F)CC1)C1CC1. The van der Waals surface area contributed by atoms with Gasteiger partial charge >= 0.3 is 12.1 Å². The van der Waals surface area contributed by atoms with Gasteiger partial charge in [0.05, 0.1) is 18.6 Å². The number of benzene rings is 1. The largest absolute Gasteiger partial charge is 0.487 e. The smallest absolute Gasteiger partial charge is 0.419 e. The second-order valence-electron chi connectivity index (χ2n) is 10.6. The summed E-state index contributed by atoms with van der Waals surface area (Å²) in [6.45, 7) is 1.94. The maximum Gasteiger partial charge on any atom is 0.419 e. The molecule has 1 aromatic carbocycles. The summed E-state index contributed by atoms with van der Waals surface area (Å²) in [6, 6.07) is 8.67. The van der Waals surface area contributed by atoms with Crippen molar-refractivity contribution in [3.8, 4) is 5.75 Å². The number of nitrogens with zero attached hydrogens (tertiary/aromatic N) is 1. The number of ether oxygens (including phenoxy) is 2. The molecule has 2 fully saturated rings. The van der Waals surface area contributed by atoms with E-state index in [0.717, 1.165) is 55.9 Å². The molecule has 8 heteroatoms. The summed E-state index contributed by atoms with van der Waals surface area (Å²) in [7, 11) is 1.44. The quantitative estimate of drug-likeness (QED) is 0.456. The molecule has 1 N–H and O–H groups in total. The monoisotopic (exact) mass is 502 g/mol. The molecule has 0 bridgehead atoms. The Morgan fingerprint density at radius 2 is 1.92 bits per heavy atom. The van der Waals surface area contributed by atoms with Gasteiger partial charge in [-0.2, -0.15) is 13.2 Å². The third kappa shape index (κ3) is 5.04. The van der Waals surface area contributed by atoms with Crippen LogP contribution in [-0.2, 0) is 22.1 Å². The van der Waals surface area contributed by atoms with Gasteiger partial charge in [-0.05, 0) is 92.5 Å². The van der Waals surface area contributed by atoms with E-state index < -0.39 is 11.7 Å². The first-order valence-corrected chi connectivity index (χ1v) is 12.9. The van der Waals surface area contributed by atoms with Crippen molar-refractivity contribution in [3.63, 3.8) is 0 Å². The summed E-state index contributed by atoms with van der Waals surface area (Å²) in [5.41, 5.74) is 1.26. The molecule has 1 aliphatic heterocycles. The number of carbonyl (C=O) groups is 1. The van der Waals surface area contributed by atoms with Crippen LogP contribution >= 0.6 is 0 Å². The minimum atomic E-state index is -4.44. The molecule has 1 aromatic heterocycles. The van der Waals surface area contributed by atoms with Crippen LogP contribution in [0.1, 0.15) is 74.5 Å². The van der Waals surface area contributed by atoms with Gasteiger partial charge in [0.25, 0.3) is 0 Å². The van der Waals surface area contributed by atoms with Crippen molar-refractivity contribution in [2.24, 2.45) is 11.8 Å². The number of hydrogen-bond donors (Lipinski definition) is 1. The number of halogens is 3. The van der Waals surface area contributed by atoms with Crippen LogP contribution in [0.25, 0.3) is 0 Å². The number of alkyl halides is 3. The molecule has 194 valence electrons. The average Bonchev–Trinajstić information content (AvgIpc) is 3.70. The highest BCUT2D eigenvalue weighted by Gasteiger charge is 2.43. The minimum absolute atomic E-state index is 0.0805. The van der Waals surface area contributed by atoms with Gasteiger partial charge in [-0.1, -0.05) is 19.1 Å². The van der Waals surface area contributed by atoms with Gasteiger partial charge in [-0.15, -0.1) is 0 Å². The first kappa shape index (κ1) is 24.9. The van der Waals surface area contributed by atoms with Crippen molar-refractivity contribution in [2.45, 2.75) is 82.0 Å². The summed E-state index contributed by atoms with van der Waals surface area (Å²) in [5, 5.41) is 3.04. The van der Waals surface area contributed by atoms with E-state index in [1.807, 2.05) is 6.92 Å². The average molecular weight is 503 g/mol. The fraction of sp³-hybridized carbons (Fsp3) is 0.571. The van der Waals surface area contributed by atoms with E-state index in [-0.39, 0.29) is 35.3 Å². The molecule has 1 spiro atoms. The molecule has 5 nitrogen and oxygen atoms in total. The second-order valence-corrected chi connectivity index (χ2v) is 10.6. The molecule has 0 amide bonds. The lowest BCUT2D eigenvalue weighted by molar-refractivity contribution is -0.145. The molecule has 36 heavy (non-hydrogen) atoms. The van der Waals surface area contributed by atoms with E-state index in [2.05, 4.69) is 28.5 Å². The molecule has 5 rings (SSSR count). The zero-order chi connectivity index (χ0) is 25.5. The Bertz CT molecular complexity index is 1110. The normalized spacial score (nSPS) is 25.4. The molecule has 0 unspecified atom stereocenters. The van der Waals surface area contributed by atoms with E-state index in [0.29, 0.717) is 18.8 Å². The van der Waals surface area contributed by atoms with Gasteiger partial charge in [0.15, 0.2) is 0 Å². The molecule has 2 heterocycles. The lowest BCUT2D eigenvalue weighted by Gasteiger charge is -2.44. The lowest BCUT2D eigenvalue weighted by atomic mass is 9.76. The Hall–Kier alpha value is -2.77. The number of pyridine rings is 1. The summed E-state index contributed by atoms with van der Waals surface area (Å²) >= 11 is 0. The van der Waals surface area contributed by atoms with Crippen LogP contribution in [-0.4, -0.2) is 29.7 Å². The standard InChI is InChI=1S/C28H33F3N2O3/c1-17(26(34)35-2)24(19-6-7-19)20-8-5-18-9-12-27(36-23(18)16-20)13-10-21(11-14-27)33-25-22(28(29,30)31)4-3-15-32-25/h3-5,8,15-17,19,21,24H,6-7,9-14H2,1-2H3,(H,32,33)/t17-,21?,24+,27?/m1/s1. The predicted molar refractivity (Wildman–Crippen MR) is 130 cm³/mol. The molecule has 2 atom stereocenters. The third-order valence-electron chi connectivity index (χ3n) is 8.24. The van der Waals surface area contributed by atoms with E-state index in [9.17, 15) is 18.0 Å². The number of esters is 1. The maximum absolute atomic E-state index is 13.4. The number of nitrogens with one attached hydrogen (secondary N) is 1. The first-order chi connectivity index (χ1) is 17.2. The molecule has 2 aromatic rings. The highest BCUT2D eigenvalue weighted by atomic mass is 19.4. The lowest BCUT2D eigenvalue weighted by Crippen LogP contribution is -2.45. The van der Waals surface area contributed by atoms with E-state index in [4.69, 9.17) is 9.47 Å². The number of rotatable bonds is 6. The molecular formula is C28H33F3N2O3. The van der Waals surface area contributed by atoms with Gasteiger partial charge in [0, 0.05) is 12.2 Å². The van der Waals surface area contributed by atoms with Crippen LogP contribution < -0.4 is 10.1 Å². The van der Waals surface area contributed by atoms with Crippen LogP contribution in [0.3, 0.4) is 0 Å². The van der Waals surface area contributed by atoms with Crippen LogP contribution in [0.15, 0.2) is 36.5 Å². The van der Waals surface area contributed by atoms with Crippen molar-refractivity contribution >= 4 is 11.8 Å². The number of hydrogen-bond acceptors (Lipinski definition) is 5.